The van der Waals surface area contributed by atoms with Gasteiger partial charge in [-0.05, 0) is 41.0 Å². The molecule has 0 radical (unpaired) electrons. The predicted molar refractivity (Wildman–Crippen MR) is 93.3 cm³/mol. The van der Waals surface area contributed by atoms with Gasteiger partial charge < -0.3 is 9.80 Å². The second kappa shape index (κ2) is 6.68. The number of benzene rings is 1. The van der Waals surface area contributed by atoms with Gasteiger partial charge in [0.05, 0.1) is 5.41 Å². The van der Waals surface area contributed by atoms with Crippen LogP contribution >= 0.6 is 11.6 Å². The van der Waals surface area contributed by atoms with Gasteiger partial charge in [0.15, 0.2) is 0 Å². The fourth-order valence-electron chi connectivity index (χ4n) is 3.49. The van der Waals surface area contributed by atoms with Crippen molar-refractivity contribution < 1.29 is 9.59 Å². The molecule has 2 aliphatic rings. The van der Waals surface area contributed by atoms with Crippen LogP contribution in [0.2, 0.25) is 5.02 Å². The van der Waals surface area contributed by atoms with Gasteiger partial charge in [0, 0.05) is 31.2 Å². The number of carbonyl (C=O) groups is 2. The van der Waals surface area contributed by atoms with Crippen molar-refractivity contribution in [1.82, 2.24) is 30.0 Å². The Labute approximate surface area is 155 Å². The molecule has 1 aromatic heterocycles. The van der Waals surface area contributed by atoms with Gasteiger partial charge >= 0.3 is 0 Å². The molecule has 0 unspecified atom stereocenters. The molecule has 1 saturated heterocycles. The summed E-state index contributed by atoms with van der Waals surface area (Å²) in [5.74, 6) is 0.104. The number of nitrogens with zero attached hydrogens (tertiary/aromatic N) is 6. The van der Waals surface area contributed by atoms with Crippen molar-refractivity contribution in [1.29, 1.82) is 0 Å². The van der Waals surface area contributed by atoms with Gasteiger partial charge in [-0.15, -0.1) is 5.10 Å². The molecule has 136 valence electrons. The summed E-state index contributed by atoms with van der Waals surface area (Å²) in [6.07, 6.45) is 3.12. The quantitative estimate of drug-likeness (QED) is 0.787. The van der Waals surface area contributed by atoms with Gasteiger partial charge in [0.1, 0.15) is 12.9 Å². The van der Waals surface area contributed by atoms with E-state index in [4.69, 9.17) is 11.6 Å². The lowest BCUT2D eigenvalue weighted by Crippen LogP contribution is -2.53. The van der Waals surface area contributed by atoms with Crippen LogP contribution in [0.25, 0.3) is 0 Å². The Bertz CT molecular complexity index is 812. The zero-order chi connectivity index (χ0) is 18.1. The maximum absolute atomic E-state index is 13.1. The first kappa shape index (κ1) is 17.0. The highest BCUT2D eigenvalue weighted by Gasteiger charge is 2.53. The van der Waals surface area contributed by atoms with Crippen LogP contribution in [-0.4, -0.2) is 68.0 Å². The van der Waals surface area contributed by atoms with E-state index in [1.807, 2.05) is 29.2 Å². The fourth-order valence-corrected chi connectivity index (χ4v) is 3.68. The standard InChI is InChI=1S/C17H19ClN6O2/c18-14-3-1-2-13(10-14)17(4-5-17)16(26)23-8-6-22(7-9-23)15(25)11-24-12-19-20-21-24/h1-3,10,12H,4-9,11H2. The Morgan fingerprint density at radius 2 is 1.85 bits per heavy atom. The van der Waals surface area contributed by atoms with Gasteiger partial charge in [-0.1, -0.05) is 23.7 Å². The van der Waals surface area contributed by atoms with E-state index in [0.29, 0.717) is 31.2 Å². The number of piperazine rings is 1. The minimum atomic E-state index is -0.427. The van der Waals surface area contributed by atoms with Crippen LogP contribution in [-0.2, 0) is 21.5 Å². The van der Waals surface area contributed by atoms with E-state index < -0.39 is 5.41 Å². The number of hydrogen-bond donors (Lipinski definition) is 0. The molecule has 0 spiro atoms. The molecule has 1 saturated carbocycles. The molecule has 2 fully saturated rings. The highest BCUT2D eigenvalue weighted by Crippen LogP contribution is 2.50. The summed E-state index contributed by atoms with van der Waals surface area (Å²) >= 11 is 6.10. The van der Waals surface area contributed by atoms with Gasteiger partial charge in [-0.3, -0.25) is 9.59 Å². The molecule has 2 amide bonds. The van der Waals surface area contributed by atoms with Crippen LogP contribution in [0, 0.1) is 0 Å². The number of carbonyl (C=O) groups excluding carboxylic acids is 2. The van der Waals surface area contributed by atoms with Crippen molar-refractivity contribution in [3.8, 4) is 0 Å². The van der Waals surface area contributed by atoms with E-state index in [2.05, 4.69) is 15.5 Å². The topological polar surface area (TPSA) is 84.2 Å². The minimum Gasteiger partial charge on any atom is -0.338 e. The predicted octanol–water partition coefficient (Wildman–Crippen LogP) is 0.729. The summed E-state index contributed by atoms with van der Waals surface area (Å²) in [5.41, 5.74) is 0.566. The van der Waals surface area contributed by atoms with Gasteiger partial charge in [-0.25, -0.2) is 4.68 Å². The Kier molecular flexibility index (Phi) is 4.36. The maximum atomic E-state index is 13.1. The van der Waals surface area contributed by atoms with Crippen molar-refractivity contribution in [2.45, 2.75) is 24.8 Å². The van der Waals surface area contributed by atoms with Crippen LogP contribution in [0.4, 0.5) is 0 Å². The number of tetrazole rings is 1. The molecular weight excluding hydrogens is 356 g/mol. The molecule has 1 aliphatic carbocycles. The third kappa shape index (κ3) is 3.16. The van der Waals surface area contributed by atoms with Crippen molar-refractivity contribution >= 4 is 23.4 Å². The van der Waals surface area contributed by atoms with Crippen LogP contribution in [0.1, 0.15) is 18.4 Å². The van der Waals surface area contributed by atoms with Gasteiger partial charge in [-0.2, -0.15) is 0 Å². The molecule has 8 nitrogen and oxygen atoms in total. The number of aromatic nitrogens is 4. The number of rotatable bonds is 4. The first-order valence-electron chi connectivity index (χ1n) is 8.62. The zero-order valence-corrected chi connectivity index (χ0v) is 15.0. The van der Waals surface area contributed by atoms with E-state index in [0.717, 1.165) is 18.4 Å². The maximum Gasteiger partial charge on any atom is 0.244 e. The van der Waals surface area contributed by atoms with E-state index in [1.54, 1.807) is 4.90 Å². The lowest BCUT2D eigenvalue weighted by Gasteiger charge is -2.36. The SMILES string of the molecule is O=C(Cn1cnnn1)N1CCN(C(=O)C2(c3cccc(Cl)c3)CC2)CC1. The average molecular weight is 375 g/mol. The normalized spacial score (nSPS) is 18.7. The van der Waals surface area contributed by atoms with Crippen molar-refractivity contribution in [2.24, 2.45) is 0 Å². The van der Waals surface area contributed by atoms with Crippen LogP contribution in [0.15, 0.2) is 30.6 Å². The fraction of sp³-hybridized carbons (Fsp3) is 0.471. The molecule has 2 aromatic rings. The molecule has 1 aromatic carbocycles. The first-order chi connectivity index (χ1) is 12.6. The Morgan fingerprint density at radius 3 is 2.46 bits per heavy atom. The molecule has 1 aliphatic heterocycles. The average Bonchev–Trinajstić information content (AvgIpc) is 3.32. The number of halogens is 1. The second-order valence-corrected chi connectivity index (χ2v) is 7.21. The van der Waals surface area contributed by atoms with Crippen molar-refractivity contribution in [3.05, 3.63) is 41.2 Å². The largest absolute Gasteiger partial charge is 0.338 e. The molecule has 0 N–H and O–H groups in total. The molecule has 9 heteroatoms. The second-order valence-electron chi connectivity index (χ2n) is 6.77. The summed E-state index contributed by atoms with van der Waals surface area (Å²) in [6.45, 7) is 2.26. The molecule has 0 atom stereocenters. The third-order valence-corrected chi connectivity index (χ3v) is 5.38. The van der Waals surface area contributed by atoms with Crippen molar-refractivity contribution in [2.75, 3.05) is 26.2 Å². The molecular formula is C17H19ClN6O2. The monoisotopic (exact) mass is 374 g/mol. The summed E-state index contributed by atoms with van der Waals surface area (Å²) in [4.78, 5) is 29.0. The summed E-state index contributed by atoms with van der Waals surface area (Å²) in [6, 6.07) is 7.57. The molecule has 2 heterocycles. The minimum absolute atomic E-state index is 0.0413. The number of amides is 2. The summed E-state index contributed by atoms with van der Waals surface area (Å²) in [7, 11) is 0. The number of hydrogen-bond acceptors (Lipinski definition) is 5. The van der Waals surface area contributed by atoms with Crippen LogP contribution in [0.5, 0.6) is 0 Å². The van der Waals surface area contributed by atoms with Crippen molar-refractivity contribution in [3.63, 3.8) is 0 Å². The first-order valence-corrected chi connectivity index (χ1v) is 9.00. The summed E-state index contributed by atoms with van der Waals surface area (Å²) in [5, 5.41) is 11.4. The lowest BCUT2D eigenvalue weighted by molar-refractivity contribution is -0.141. The van der Waals surface area contributed by atoms with E-state index in [-0.39, 0.29) is 18.4 Å². The van der Waals surface area contributed by atoms with E-state index in [1.165, 1.54) is 11.0 Å². The van der Waals surface area contributed by atoms with Gasteiger partial charge in [0.25, 0.3) is 0 Å². The Hall–Kier alpha value is -2.48. The Morgan fingerprint density at radius 1 is 1.12 bits per heavy atom. The molecule has 4 rings (SSSR count). The zero-order valence-electron chi connectivity index (χ0n) is 14.2. The van der Waals surface area contributed by atoms with Crippen LogP contribution < -0.4 is 0 Å². The molecule has 0 bridgehead atoms. The van der Waals surface area contributed by atoms with E-state index in [9.17, 15) is 9.59 Å². The summed E-state index contributed by atoms with van der Waals surface area (Å²) < 4.78 is 1.40. The van der Waals surface area contributed by atoms with E-state index >= 15 is 0 Å². The third-order valence-electron chi connectivity index (χ3n) is 5.14. The lowest BCUT2D eigenvalue weighted by atomic mass is 9.94. The Balaban J connectivity index is 1.37. The smallest absolute Gasteiger partial charge is 0.244 e. The highest BCUT2D eigenvalue weighted by atomic mass is 35.5. The van der Waals surface area contributed by atoms with Crippen LogP contribution in [0.3, 0.4) is 0 Å². The highest BCUT2D eigenvalue weighted by molar-refractivity contribution is 6.30. The molecule has 26 heavy (non-hydrogen) atoms. The van der Waals surface area contributed by atoms with Gasteiger partial charge in [0.2, 0.25) is 11.8 Å².